The van der Waals surface area contributed by atoms with Gasteiger partial charge in [0.25, 0.3) is 5.91 Å². The average Bonchev–Trinajstić information content (AvgIpc) is 3.51. The fourth-order valence-corrected chi connectivity index (χ4v) is 5.32. The van der Waals surface area contributed by atoms with Crippen LogP contribution in [0.1, 0.15) is 55.1 Å². The number of carbonyl (C=O) groups excluding carboxylic acids is 3. The van der Waals surface area contributed by atoms with E-state index in [1.54, 1.807) is 30.3 Å². The van der Waals surface area contributed by atoms with Gasteiger partial charge in [-0.3, -0.25) is 23.8 Å². The maximum absolute atomic E-state index is 12.9. The molecule has 1 heterocycles. The predicted octanol–water partition coefficient (Wildman–Crippen LogP) is 4.70. The summed E-state index contributed by atoms with van der Waals surface area (Å²) in [6.45, 7) is 2.12. The lowest BCUT2D eigenvalue weighted by Gasteiger charge is -2.17. The van der Waals surface area contributed by atoms with E-state index in [1.165, 1.54) is 20.3 Å². The zero-order chi connectivity index (χ0) is 30.4. The van der Waals surface area contributed by atoms with Gasteiger partial charge in [0.2, 0.25) is 11.8 Å². The molecule has 0 aliphatic carbocycles. The van der Waals surface area contributed by atoms with Crippen molar-refractivity contribution in [3.8, 4) is 11.3 Å². The van der Waals surface area contributed by atoms with Crippen LogP contribution < -0.4 is 21.4 Å². The Bertz CT molecular complexity index is 1350. The molecular formula is C30H38N3O8P. The van der Waals surface area contributed by atoms with Gasteiger partial charge in [0.15, 0.2) is 5.76 Å². The summed E-state index contributed by atoms with van der Waals surface area (Å²) in [6.07, 6.45) is 3.19. The highest BCUT2D eigenvalue weighted by atomic mass is 31.2. The van der Waals surface area contributed by atoms with Crippen LogP contribution in [0.3, 0.4) is 0 Å². The Labute approximate surface area is 245 Å². The summed E-state index contributed by atoms with van der Waals surface area (Å²) in [6, 6.07) is 19.2. The van der Waals surface area contributed by atoms with Gasteiger partial charge >= 0.3 is 7.60 Å². The molecular weight excluding hydrogens is 561 g/mol. The Morgan fingerprint density at radius 2 is 1.69 bits per heavy atom. The second-order valence-electron chi connectivity index (χ2n) is 9.50. The molecule has 3 N–H and O–H groups in total. The number of hydroxylamine groups is 1. The summed E-state index contributed by atoms with van der Waals surface area (Å²) in [5.41, 5.74) is 3.89. The van der Waals surface area contributed by atoms with Crippen LogP contribution in [0, 0.1) is 5.92 Å². The average molecular weight is 600 g/mol. The Hall–Kier alpha value is -3.76. The van der Waals surface area contributed by atoms with E-state index in [9.17, 15) is 18.9 Å². The van der Waals surface area contributed by atoms with E-state index in [0.717, 1.165) is 24.8 Å². The van der Waals surface area contributed by atoms with E-state index >= 15 is 0 Å². The molecule has 11 nitrogen and oxygen atoms in total. The molecule has 3 aromatic rings. The highest BCUT2D eigenvalue weighted by molar-refractivity contribution is 7.62. The van der Waals surface area contributed by atoms with Crippen LogP contribution in [0.15, 0.2) is 71.1 Å². The molecule has 2 aromatic carbocycles. The van der Waals surface area contributed by atoms with Crippen LogP contribution in [0.4, 0.5) is 0 Å². The third-order valence-corrected chi connectivity index (χ3v) is 8.37. The van der Waals surface area contributed by atoms with Crippen LogP contribution in [-0.2, 0) is 34.6 Å². The molecule has 0 unspecified atom stereocenters. The van der Waals surface area contributed by atoms with Crippen LogP contribution in [0.2, 0.25) is 0 Å². The first-order chi connectivity index (χ1) is 20.3. The quantitative estimate of drug-likeness (QED) is 0.0877. The number of nitrogens with one attached hydrogen (secondary N) is 3. The topological polar surface area (TPSA) is 145 Å². The Kier molecular flexibility index (Phi) is 13.0. The van der Waals surface area contributed by atoms with Crippen LogP contribution in [0.5, 0.6) is 0 Å². The van der Waals surface area contributed by atoms with E-state index < -0.39 is 25.3 Å². The van der Waals surface area contributed by atoms with Crippen molar-refractivity contribution in [3.63, 3.8) is 0 Å². The minimum absolute atomic E-state index is 0.0285. The highest BCUT2D eigenvalue weighted by Crippen LogP contribution is 2.45. The van der Waals surface area contributed by atoms with E-state index in [0.29, 0.717) is 23.0 Å². The zero-order valence-electron chi connectivity index (χ0n) is 24.1. The van der Waals surface area contributed by atoms with Gasteiger partial charge in [-0.1, -0.05) is 68.7 Å². The number of rotatable bonds is 17. The van der Waals surface area contributed by atoms with Gasteiger partial charge in [-0.15, -0.1) is 0 Å². The van der Waals surface area contributed by atoms with Gasteiger partial charge in [-0.2, -0.15) is 0 Å². The zero-order valence-corrected chi connectivity index (χ0v) is 25.0. The Morgan fingerprint density at radius 3 is 2.40 bits per heavy atom. The van der Waals surface area contributed by atoms with Gasteiger partial charge in [0.05, 0.1) is 18.6 Å². The van der Waals surface area contributed by atoms with Crippen LogP contribution in [0.25, 0.3) is 11.3 Å². The van der Waals surface area contributed by atoms with Gasteiger partial charge in [0, 0.05) is 32.1 Å². The van der Waals surface area contributed by atoms with E-state index in [2.05, 4.69) is 23.0 Å². The minimum atomic E-state index is -3.46. The van der Waals surface area contributed by atoms with E-state index in [4.69, 9.17) is 18.3 Å². The summed E-state index contributed by atoms with van der Waals surface area (Å²) >= 11 is 0. The molecule has 0 aliphatic heterocycles. The van der Waals surface area contributed by atoms with Crippen molar-refractivity contribution in [2.75, 3.05) is 20.9 Å². The normalized spacial score (nSPS) is 12.0. The monoisotopic (exact) mass is 599 g/mol. The van der Waals surface area contributed by atoms with E-state index in [-0.39, 0.29) is 31.4 Å². The number of hydrogen-bond acceptors (Lipinski definition) is 8. The molecule has 0 aliphatic rings. The first-order valence-corrected chi connectivity index (χ1v) is 15.3. The molecule has 1 aromatic heterocycles. The lowest BCUT2D eigenvalue weighted by atomic mass is 9.96. The molecule has 0 fully saturated rings. The van der Waals surface area contributed by atoms with Crippen LogP contribution in [-0.4, -0.2) is 38.6 Å². The molecule has 1 atom stereocenters. The number of carbonyl (C=O) groups is 3. The summed E-state index contributed by atoms with van der Waals surface area (Å²) < 4.78 is 28.5. The Morgan fingerprint density at radius 1 is 0.929 bits per heavy atom. The van der Waals surface area contributed by atoms with Gasteiger partial charge in [0.1, 0.15) is 5.76 Å². The van der Waals surface area contributed by atoms with Gasteiger partial charge < -0.3 is 24.1 Å². The number of amides is 3. The summed E-state index contributed by atoms with van der Waals surface area (Å²) in [7, 11) is -0.855. The molecule has 0 bridgehead atoms. The second-order valence-corrected chi connectivity index (χ2v) is 11.7. The van der Waals surface area contributed by atoms with Crippen molar-refractivity contribution < 1.29 is 37.3 Å². The molecule has 42 heavy (non-hydrogen) atoms. The number of hydrogen-bond donors (Lipinski definition) is 3. The SMILES string of the molecule is CCCCC[C@H](CC(=O)NOCc1ccccc1)C(=O)NCNC(=O)c1ccc(-c2cccc(P(=O)(OC)OC)c2)o1. The summed E-state index contributed by atoms with van der Waals surface area (Å²) in [4.78, 5) is 43.3. The molecule has 0 radical (unpaired) electrons. The minimum Gasteiger partial charge on any atom is -0.451 e. The third-order valence-electron chi connectivity index (χ3n) is 6.50. The van der Waals surface area contributed by atoms with Crippen molar-refractivity contribution in [1.29, 1.82) is 0 Å². The highest BCUT2D eigenvalue weighted by Gasteiger charge is 2.25. The third kappa shape index (κ3) is 9.66. The summed E-state index contributed by atoms with van der Waals surface area (Å²) in [5, 5.41) is 5.63. The maximum atomic E-state index is 12.9. The first-order valence-electron chi connectivity index (χ1n) is 13.7. The first kappa shape index (κ1) is 32.8. The van der Waals surface area contributed by atoms with Crippen molar-refractivity contribution >= 4 is 30.6 Å². The lowest BCUT2D eigenvalue weighted by molar-refractivity contribution is -0.139. The molecule has 12 heteroatoms. The number of benzene rings is 2. The maximum Gasteiger partial charge on any atom is 0.360 e. The molecule has 3 rings (SSSR count). The summed E-state index contributed by atoms with van der Waals surface area (Å²) in [5.74, 6) is -1.45. The van der Waals surface area contributed by atoms with Crippen LogP contribution >= 0.6 is 7.60 Å². The van der Waals surface area contributed by atoms with E-state index in [1.807, 2.05) is 30.3 Å². The smallest absolute Gasteiger partial charge is 0.360 e. The largest absolute Gasteiger partial charge is 0.451 e. The second kappa shape index (κ2) is 16.6. The Balaban J connectivity index is 1.52. The fraction of sp³-hybridized carbons (Fsp3) is 0.367. The standard InChI is InChI=1S/C30H38N3O8P/c1-4-5-7-13-24(19-28(34)33-40-20-22-11-8-6-9-12-22)29(35)31-21-32-30(36)27-17-16-26(41-27)23-14-10-15-25(18-23)42(37,38-2)39-3/h6,8-12,14-18,24H,4-5,7,13,19-21H2,1-3H3,(H,31,35)(H,32,36)(H,33,34)/t24-/m1/s1. The molecule has 3 amide bonds. The van der Waals surface area contributed by atoms with Crippen molar-refractivity contribution in [1.82, 2.24) is 16.1 Å². The van der Waals surface area contributed by atoms with Gasteiger partial charge in [-0.05, 0) is 36.2 Å². The molecule has 0 spiro atoms. The number of furan rings is 1. The fourth-order valence-electron chi connectivity index (χ4n) is 4.18. The van der Waals surface area contributed by atoms with Gasteiger partial charge in [-0.25, -0.2) is 5.48 Å². The van der Waals surface area contributed by atoms with Crippen molar-refractivity contribution in [3.05, 3.63) is 78.1 Å². The molecule has 0 saturated carbocycles. The molecule has 226 valence electrons. The van der Waals surface area contributed by atoms with Crippen molar-refractivity contribution in [2.45, 2.75) is 45.6 Å². The number of unbranched alkanes of at least 4 members (excludes halogenated alkanes) is 2. The lowest BCUT2D eigenvalue weighted by Crippen LogP contribution is -2.41. The molecule has 0 saturated heterocycles. The van der Waals surface area contributed by atoms with Crippen molar-refractivity contribution in [2.24, 2.45) is 5.92 Å². The predicted molar refractivity (Wildman–Crippen MR) is 158 cm³/mol.